The van der Waals surface area contributed by atoms with Crippen LogP contribution < -0.4 is 5.73 Å². The Bertz CT molecular complexity index is 680. The van der Waals surface area contributed by atoms with Gasteiger partial charge in [0, 0.05) is 12.7 Å². The van der Waals surface area contributed by atoms with Crippen LogP contribution in [-0.2, 0) is 6.54 Å². The Hall–Kier alpha value is -1.99. The summed E-state index contributed by atoms with van der Waals surface area (Å²) in [5.74, 6) is 0. The van der Waals surface area contributed by atoms with Crippen molar-refractivity contribution in [3.05, 3.63) is 36.5 Å². The first-order valence-corrected chi connectivity index (χ1v) is 6.16. The van der Waals surface area contributed by atoms with Gasteiger partial charge in [-0.05, 0) is 23.4 Å². The minimum atomic E-state index is 0.452. The molecule has 0 aliphatic rings. The second-order valence-electron chi connectivity index (χ2n) is 3.55. The lowest BCUT2D eigenvalue weighted by molar-refractivity contribution is 0.959. The van der Waals surface area contributed by atoms with Gasteiger partial charge in [-0.2, -0.15) is 0 Å². The molecule has 0 saturated carbocycles. The minimum absolute atomic E-state index is 0.452. The number of H-pyrrole nitrogens is 1. The SMILES string of the molecule is NCc1cccnc1Sc1ncnc2nc[nH]c12. The molecule has 18 heavy (non-hydrogen) atoms. The molecule has 0 aliphatic carbocycles. The Morgan fingerprint density at radius 2 is 2.11 bits per heavy atom. The van der Waals surface area contributed by atoms with Gasteiger partial charge in [0.1, 0.15) is 21.9 Å². The predicted molar refractivity (Wildman–Crippen MR) is 67.9 cm³/mol. The van der Waals surface area contributed by atoms with E-state index in [0.717, 1.165) is 21.1 Å². The van der Waals surface area contributed by atoms with Crippen LogP contribution in [0.1, 0.15) is 5.56 Å². The van der Waals surface area contributed by atoms with E-state index in [1.165, 1.54) is 18.1 Å². The molecule has 3 aromatic rings. The number of hydrogen-bond donors (Lipinski definition) is 2. The Kier molecular flexibility index (Phi) is 2.91. The lowest BCUT2D eigenvalue weighted by Gasteiger charge is -2.05. The van der Waals surface area contributed by atoms with E-state index in [1.807, 2.05) is 12.1 Å². The predicted octanol–water partition coefficient (Wildman–Crippen LogP) is 1.36. The van der Waals surface area contributed by atoms with Crippen molar-refractivity contribution in [2.24, 2.45) is 5.73 Å². The van der Waals surface area contributed by atoms with Crippen LogP contribution >= 0.6 is 11.8 Å². The first-order valence-electron chi connectivity index (χ1n) is 5.34. The van der Waals surface area contributed by atoms with Gasteiger partial charge in [-0.3, -0.25) is 0 Å². The normalized spacial score (nSPS) is 10.9. The van der Waals surface area contributed by atoms with Crippen molar-refractivity contribution in [2.75, 3.05) is 0 Å². The molecule has 0 aromatic carbocycles. The van der Waals surface area contributed by atoms with Crippen LogP contribution in [0.4, 0.5) is 0 Å². The second kappa shape index (κ2) is 4.71. The van der Waals surface area contributed by atoms with E-state index in [4.69, 9.17) is 5.73 Å². The van der Waals surface area contributed by atoms with Gasteiger partial charge in [0.05, 0.1) is 6.33 Å². The number of aromatic nitrogens is 5. The molecular weight excluding hydrogens is 248 g/mol. The van der Waals surface area contributed by atoms with Crippen LogP contribution in [0.5, 0.6) is 0 Å². The monoisotopic (exact) mass is 258 g/mol. The van der Waals surface area contributed by atoms with Crippen molar-refractivity contribution in [3.8, 4) is 0 Å². The average molecular weight is 258 g/mol. The molecule has 0 spiro atoms. The van der Waals surface area contributed by atoms with Crippen LogP contribution in [0.3, 0.4) is 0 Å². The molecule has 0 unspecified atom stereocenters. The third kappa shape index (κ3) is 1.93. The summed E-state index contributed by atoms with van der Waals surface area (Å²) in [6.45, 7) is 0.452. The van der Waals surface area contributed by atoms with Gasteiger partial charge in [-0.25, -0.2) is 19.9 Å². The van der Waals surface area contributed by atoms with Gasteiger partial charge in [-0.1, -0.05) is 6.07 Å². The van der Waals surface area contributed by atoms with E-state index < -0.39 is 0 Å². The van der Waals surface area contributed by atoms with Crippen molar-refractivity contribution >= 4 is 22.9 Å². The van der Waals surface area contributed by atoms with Crippen LogP contribution in [0.25, 0.3) is 11.2 Å². The largest absolute Gasteiger partial charge is 0.341 e. The molecule has 0 fully saturated rings. The number of nitrogens with one attached hydrogen (secondary N) is 1. The zero-order valence-corrected chi connectivity index (χ0v) is 10.2. The molecule has 3 rings (SSSR count). The van der Waals surface area contributed by atoms with Crippen LogP contribution in [0.15, 0.2) is 41.0 Å². The number of nitrogens with zero attached hydrogens (tertiary/aromatic N) is 4. The number of aromatic amines is 1. The van der Waals surface area contributed by atoms with E-state index in [2.05, 4.69) is 24.9 Å². The highest BCUT2D eigenvalue weighted by molar-refractivity contribution is 7.99. The number of nitrogens with two attached hydrogens (primary N) is 1. The summed E-state index contributed by atoms with van der Waals surface area (Å²) in [7, 11) is 0. The van der Waals surface area contributed by atoms with Crippen molar-refractivity contribution in [2.45, 2.75) is 16.6 Å². The summed E-state index contributed by atoms with van der Waals surface area (Å²) < 4.78 is 0. The van der Waals surface area contributed by atoms with E-state index in [1.54, 1.807) is 12.5 Å². The van der Waals surface area contributed by atoms with Crippen molar-refractivity contribution in [1.29, 1.82) is 0 Å². The van der Waals surface area contributed by atoms with Crippen LogP contribution in [-0.4, -0.2) is 24.9 Å². The van der Waals surface area contributed by atoms with Crippen LogP contribution in [0, 0.1) is 0 Å². The molecule has 90 valence electrons. The maximum atomic E-state index is 5.69. The molecule has 0 atom stereocenters. The summed E-state index contributed by atoms with van der Waals surface area (Å²) in [5.41, 5.74) is 8.15. The van der Waals surface area contributed by atoms with Gasteiger partial charge < -0.3 is 10.7 Å². The van der Waals surface area contributed by atoms with Gasteiger partial charge in [0.2, 0.25) is 0 Å². The zero-order valence-electron chi connectivity index (χ0n) is 9.37. The summed E-state index contributed by atoms with van der Waals surface area (Å²) in [5, 5.41) is 1.65. The number of rotatable bonds is 3. The van der Waals surface area contributed by atoms with Crippen molar-refractivity contribution in [1.82, 2.24) is 24.9 Å². The summed E-state index contributed by atoms with van der Waals surface area (Å²) >= 11 is 1.46. The number of pyridine rings is 1. The molecule has 0 amide bonds. The summed E-state index contributed by atoms with van der Waals surface area (Å²) in [4.78, 5) is 19.8. The summed E-state index contributed by atoms with van der Waals surface area (Å²) in [6.07, 6.45) is 4.84. The third-order valence-electron chi connectivity index (χ3n) is 2.45. The molecule has 3 heterocycles. The maximum absolute atomic E-state index is 5.69. The fourth-order valence-corrected chi connectivity index (χ4v) is 2.51. The van der Waals surface area contributed by atoms with Gasteiger partial charge >= 0.3 is 0 Å². The Morgan fingerprint density at radius 3 is 3.00 bits per heavy atom. The Morgan fingerprint density at radius 1 is 1.17 bits per heavy atom. The highest BCUT2D eigenvalue weighted by Gasteiger charge is 2.10. The van der Waals surface area contributed by atoms with E-state index in [0.29, 0.717) is 12.2 Å². The first-order chi connectivity index (χ1) is 8.88. The first kappa shape index (κ1) is 11.1. The molecule has 0 radical (unpaired) electrons. The number of hydrogen-bond acceptors (Lipinski definition) is 6. The van der Waals surface area contributed by atoms with E-state index in [-0.39, 0.29) is 0 Å². The lowest BCUT2D eigenvalue weighted by atomic mass is 10.3. The van der Waals surface area contributed by atoms with Gasteiger partial charge in [-0.15, -0.1) is 0 Å². The second-order valence-corrected chi connectivity index (χ2v) is 4.53. The van der Waals surface area contributed by atoms with Crippen molar-refractivity contribution < 1.29 is 0 Å². The average Bonchev–Trinajstić information content (AvgIpc) is 2.89. The minimum Gasteiger partial charge on any atom is -0.341 e. The van der Waals surface area contributed by atoms with E-state index >= 15 is 0 Å². The quantitative estimate of drug-likeness (QED) is 0.689. The standard InChI is InChI=1S/C11H10N6S/c12-4-7-2-1-3-13-10(7)18-11-8-9(15-5-14-8)16-6-17-11/h1-3,5-6H,4,12H2,(H,14,15,16,17). The number of fused-ring (bicyclic) bond motifs is 1. The molecule has 0 saturated heterocycles. The Balaban J connectivity index is 2.04. The fraction of sp³-hybridized carbons (Fsp3) is 0.0909. The third-order valence-corrected chi connectivity index (χ3v) is 3.52. The number of imidazole rings is 1. The fourth-order valence-electron chi connectivity index (χ4n) is 1.58. The van der Waals surface area contributed by atoms with E-state index in [9.17, 15) is 0 Å². The topological polar surface area (TPSA) is 93.4 Å². The zero-order chi connectivity index (χ0) is 12.4. The molecule has 3 aromatic heterocycles. The molecule has 7 heteroatoms. The molecular formula is C11H10N6S. The molecule has 3 N–H and O–H groups in total. The Labute approximate surface area is 107 Å². The molecule has 6 nitrogen and oxygen atoms in total. The van der Waals surface area contributed by atoms with Crippen LogP contribution in [0.2, 0.25) is 0 Å². The molecule has 0 bridgehead atoms. The van der Waals surface area contributed by atoms with Gasteiger partial charge in [0.25, 0.3) is 0 Å². The molecule has 0 aliphatic heterocycles. The smallest absolute Gasteiger partial charge is 0.181 e. The summed E-state index contributed by atoms with van der Waals surface area (Å²) in [6, 6.07) is 3.83. The lowest BCUT2D eigenvalue weighted by Crippen LogP contribution is -1.99. The van der Waals surface area contributed by atoms with Gasteiger partial charge in [0.15, 0.2) is 5.65 Å². The van der Waals surface area contributed by atoms with Crippen molar-refractivity contribution in [3.63, 3.8) is 0 Å². The highest BCUT2D eigenvalue weighted by atomic mass is 32.2. The maximum Gasteiger partial charge on any atom is 0.181 e. The highest BCUT2D eigenvalue weighted by Crippen LogP contribution is 2.30.